The fourth-order valence-corrected chi connectivity index (χ4v) is 4.51. The Morgan fingerprint density at radius 3 is 2.56 bits per heavy atom. The number of aromatic nitrogens is 5. The van der Waals surface area contributed by atoms with E-state index in [1.54, 1.807) is 16.8 Å². The van der Waals surface area contributed by atoms with Crippen molar-refractivity contribution in [1.82, 2.24) is 24.7 Å². The molecule has 0 spiro atoms. The Hall–Kier alpha value is -3.78. The lowest BCUT2D eigenvalue weighted by molar-refractivity contribution is 0.391. The van der Waals surface area contributed by atoms with Crippen molar-refractivity contribution in [1.29, 1.82) is 0 Å². The van der Waals surface area contributed by atoms with Gasteiger partial charge >= 0.3 is 0 Å². The van der Waals surface area contributed by atoms with Crippen LogP contribution in [-0.2, 0) is 5.75 Å². The smallest absolute Gasteiger partial charge is 0.266 e. The number of benzene rings is 2. The molecule has 0 aliphatic heterocycles. The van der Waals surface area contributed by atoms with Crippen molar-refractivity contribution < 1.29 is 4.52 Å². The van der Waals surface area contributed by atoms with Gasteiger partial charge in [0.1, 0.15) is 5.69 Å². The minimum atomic E-state index is -0.107. The van der Waals surface area contributed by atoms with Crippen molar-refractivity contribution in [3.8, 4) is 17.2 Å². The zero-order valence-electron chi connectivity index (χ0n) is 18.9. The van der Waals surface area contributed by atoms with Crippen LogP contribution in [0.4, 0.5) is 0 Å². The molecule has 0 N–H and O–H groups in total. The van der Waals surface area contributed by atoms with E-state index in [0.717, 1.165) is 12.1 Å². The first kappa shape index (κ1) is 22.0. The minimum absolute atomic E-state index is 0.107. The third-order valence-corrected chi connectivity index (χ3v) is 6.69. The number of para-hydroxylation sites is 1. The summed E-state index contributed by atoms with van der Waals surface area (Å²) in [5.41, 5.74) is 3.21. The molecule has 0 bridgehead atoms. The first-order valence-electron chi connectivity index (χ1n) is 11.1. The van der Waals surface area contributed by atoms with Gasteiger partial charge in [0.2, 0.25) is 11.7 Å². The summed E-state index contributed by atoms with van der Waals surface area (Å²) in [7, 11) is 0. The lowest BCUT2D eigenvalue weighted by atomic mass is 9.98. The Morgan fingerprint density at radius 2 is 1.79 bits per heavy atom. The van der Waals surface area contributed by atoms with Gasteiger partial charge in [0.25, 0.3) is 5.56 Å². The summed E-state index contributed by atoms with van der Waals surface area (Å²) in [4.78, 5) is 27.0. The molecular formula is C26H23N5O2S. The number of hydrogen-bond donors (Lipinski definition) is 0. The van der Waals surface area contributed by atoms with Crippen LogP contribution in [0.3, 0.4) is 0 Å². The van der Waals surface area contributed by atoms with Gasteiger partial charge in [-0.05, 0) is 54.3 Å². The third-order valence-electron chi connectivity index (χ3n) is 5.76. The minimum Gasteiger partial charge on any atom is -0.338 e. The zero-order valence-corrected chi connectivity index (χ0v) is 19.7. The van der Waals surface area contributed by atoms with Gasteiger partial charge in [-0.1, -0.05) is 61.1 Å². The van der Waals surface area contributed by atoms with Gasteiger partial charge in [0, 0.05) is 6.20 Å². The third kappa shape index (κ3) is 4.36. The molecule has 34 heavy (non-hydrogen) atoms. The first-order valence-corrected chi connectivity index (χ1v) is 12.1. The van der Waals surface area contributed by atoms with Crippen molar-refractivity contribution in [3.05, 3.63) is 94.7 Å². The van der Waals surface area contributed by atoms with E-state index < -0.39 is 0 Å². The molecule has 0 amide bonds. The predicted octanol–water partition coefficient (Wildman–Crippen LogP) is 5.64. The average molecular weight is 470 g/mol. The van der Waals surface area contributed by atoms with Crippen LogP contribution in [-0.4, -0.2) is 24.7 Å². The second-order valence-corrected chi connectivity index (χ2v) is 8.91. The molecule has 8 heteroatoms. The van der Waals surface area contributed by atoms with E-state index in [2.05, 4.69) is 41.1 Å². The van der Waals surface area contributed by atoms with Crippen LogP contribution >= 0.6 is 11.8 Å². The molecule has 0 saturated carbocycles. The van der Waals surface area contributed by atoms with E-state index in [1.807, 2.05) is 48.5 Å². The van der Waals surface area contributed by atoms with Crippen LogP contribution in [0.5, 0.6) is 0 Å². The normalized spacial score (nSPS) is 12.2. The van der Waals surface area contributed by atoms with E-state index in [0.29, 0.717) is 45.1 Å². The van der Waals surface area contributed by atoms with Crippen molar-refractivity contribution in [2.24, 2.45) is 0 Å². The van der Waals surface area contributed by atoms with Crippen LogP contribution in [0.25, 0.3) is 28.1 Å². The molecule has 5 aromatic rings. The SMILES string of the molecule is CC[C@H](C)c1ccc(-n2c(SCc3nc(-c4ccccn4)no3)nc3ccccc3c2=O)cc1. The number of thioether (sulfide) groups is 1. The summed E-state index contributed by atoms with van der Waals surface area (Å²) < 4.78 is 7.08. The highest BCUT2D eigenvalue weighted by Gasteiger charge is 2.16. The van der Waals surface area contributed by atoms with Crippen LogP contribution in [0.15, 0.2) is 87.4 Å². The topological polar surface area (TPSA) is 86.7 Å². The molecule has 7 nitrogen and oxygen atoms in total. The zero-order chi connectivity index (χ0) is 23.5. The quantitative estimate of drug-likeness (QED) is 0.225. The number of nitrogens with zero attached hydrogens (tertiary/aromatic N) is 5. The van der Waals surface area contributed by atoms with E-state index in [4.69, 9.17) is 9.51 Å². The van der Waals surface area contributed by atoms with Gasteiger partial charge in [-0.25, -0.2) is 4.98 Å². The maximum atomic E-state index is 13.5. The molecule has 170 valence electrons. The average Bonchev–Trinajstić information content (AvgIpc) is 3.37. The second-order valence-electron chi connectivity index (χ2n) is 7.97. The molecule has 0 saturated heterocycles. The van der Waals surface area contributed by atoms with E-state index >= 15 is 0 Å². The summed E-state index contributed by atoms with van der Waals surface area (Å²) in [5.74, 6) is 1.70. The molecule has 3 aromatic heterocycles. The number of rotatable bonds is 7. The maximum Gasteiger partial charge on any atom is 0.266 e. The first-order chi connectivity index (χ1) is 16.6. The summed E-state index contributed by atoms with van der Waals surface area (Å²) >= 11 is 1.38. The molecule has 0 radical (unpaired) electrons. The van der Waals surface area contributed by atoms with Crippen molar-refractivity contribution in [2.75, 3.05) is 0 Å². The summed E-state index contributed by atoms with van der Waals surface area (Å²) in [6.45, 7) is 4.37. The number of fused-ring (bicyclic) bond motifs is 1. The predicted molar refractivity (Wildman–Crippen MR) is 133 cm³/mol. The monoisotopic (exact) mass is 469 g/mol. The highest BCUT2D eigenvalue weighted by Crippen LogP contribution is 2.26. The van der Waals surface area contributed by atoms with Crippen LogP contribution in [0.1, 0.15) is 37.6 Å². The van der Waals surface area contributed by atoms with Crippen LogP contribution in [0, 0.1) is 0 Å². The maximum absolute atomic E-state index is 13.5. The van der Waals surface area contributed by atoms with Crippen LogP contribution in [0.2, 0.25) is 0 Å². The summed E-state index contributed by atoms with van der Waals surface area (Å²) in [6.07, 6.45) is 2.74. The molecule has 0 unspecified atom stereocenters. The van der Waals surface area contributed by atoms with Crippen molar-refractivity contribution >= 4 is 22.7 Å². The van der Waals surface area contributed by atoms with Gasteiger partial charge in [0.05, 0.1) is 22.3 Å². The second kappa shape index (κ2) is 9.61. The van der Waals surface area contributed by atoms with E-state index in [9.17, 15) is 4.79 Å². The molecular weight excluding hydrogens is 446 g/mol. The van der Waals surface area contributed by atoms with Gasteiger partial charge in [-0.15, -0.1) is 0 Å². The fourth-order valence-electron chi connectivity index (χ4n) is 3.66. The molecule has 2 aromatic carbocycles. The molecule has 1 atom stereocenters. The number of hydrogen-bond acceptors (Lipinski definition) is 7. The lowest BCUT2D eigenvalue weighted by Gasteiger charge is -2.14. The largest absolute Gasteiger partial charge is 0.338 e. The summed E-state index contributed by atoms with van der Waals surface area (Å²) in [6, 6.07) is 21.0. The van der Waals surface area contributed by atoms with Crippen LogP contribution < -0.4 is 5.56 Å². The highest BCUT2D eigenvalue weighted by molar-refractivity contribution is 7.98. The Kier molecular flexibility index (Phi) is 6.22. The van der Waals surface area contributed by atoms with E-state index in [1.165, 1.54) is 17.3 Å². The summed E-state index contributed by atoms with van der Waals surface area (Å²) in [5, 5.41) is 5.17. The number of pyridine rings is 1. The fraction of sp³-hybridized carbons (Fsp3) is 0.192. The standard InChI is InChI=1S/C26H23N5O2S/c1-3-17(2)18-11-13-19(14-12-18)31-25(32)20-8-4-5-9-21(20)28-26(31)34-16-23-29-24(30-33-23)22-10-6-7-15-27-22/h4-15,17H,3,16H2,1-2H3/t17-/m0/s1. The Morgan fingerprint density at radius 1 is 1.00 bits per heavy atom. The highest BCUT2D eigenvalue weighted by atomic mass is 32.2. The van der Waals surface area contributed by atoms with Gasteiger partial charge in [-0.3, -0.25) is 14.3 Å². The molecule has 5 rings (SSSR count). The van der Waals surface area contributed by atoms with Gasteiger partial charge in [0.15, 0.2) is 5.16 Å². The van der Waals surface area contributed by atoms with Crippen molar-refractivity contribution in [3.63, 3.8) is 0 Å². The Bertz CT molecular complexity index is 1480. The van der Waals surface area contributed by atoms with Gasteiger partial charge in [-0.2, -0.15) is 4.98 Å². The molecule has 3 heterocycles. The van der Waals surface area contributed by atoms with Crippen molar-refractivity contribution in [2.45, 2.75) is 37.1 Å². The molecule has 0 fully saturated rings. The Labute approximate surface area is 200 Å². The lowest BCUT2D eigenvalue weighted by Crippen LogP contribution is -2.21. The molecule has 0 aliphatic rings. The molecule has 0 aliphatic carbocycles. The van der Waals surface area contributed by atoms with Gasteiger partial charge < -0.3 is 4.52 Å². The van der Waals surface area contributed by atoms with E-state index in [-0.39, 0.29) is 5.56 Å². The Balaban J connectivity index is 1.50.